The molecule has 4 nitrogen and oxygen atoms in total. The van der Waals surface area contributed by atoms with Crippen molar-refractivity contribution in [2.45, 2.75) is 25.3 Å². The second-order valence-corrected chi connectivity index (χ2v) is 6.49. The van der Waals surface area contributed by atoms with Gasteiger partial charge in [0, 0.05) is 37.1 Å². The van der Waals surface area contributed by atoms with Crippen molar-refractivity contribution >= 4 is 16.8 Å². The van der Waals surface area contributed by atoms with E-state index >= 15 is 0 Å². The van der Waals surface area contributed by atoms with Gasteiger partial charge in [0.25, 0.3) is 5.91 Å². The maximum Gasteiger partial charge on any atom is 0.270 e. The first-order valence-electron chi connectivity index (χ1n) is 8.08. The Balaban J connectivity index is 1.82. The van der Waals surface area contributed by atoms with Gasteiger partial charge in [-0.2, -0.15) is 0 Å². The third kappa shape index (κ3) is 2.75. The lowest BCUT2D eigenvalue weighted by molar-refractivity contribution is 0.0749. The van der Waals surface area contributed by atoms with E-state index in [0.29, 0.717) is 6.04 Å². The van der Waals surface area contributed by atoms with Gasteiger partial charge in [-0.15, -0.1) is 0 Å². The predicted octanol–water partition coefficient (Wildman–Crippen LogP) is 2.73. The smallest absolute Gasteiger partial charge is 0.270 e. The minimum absolute atomic E-state index is 0.165. The van der Waals surface area contributed by atoms with Gasteiger partial charge in [0.2, 0.25) is 0 Å². The minimum Gasteiger partial charge on any atom is -0.340 e. The van der Waals surface area contributed by atoms with E-state index in [4.69, 9.17) is 0 Å². The van der Waals surface area contributed by atoms with Gasteiger partial charge < -0.3 is 14.4 Å². The molecule has 0 aliphatic carbocycles. The van der Waals surface area contributed by atoms with Crippen molar-refractivity contribution < 1.29 is 4.79 Å². The molecule has 1 atom stereocenters. The molecule has 22 heavy (non-hydrogen) atoms. The van der Waals surface area contributed by atoms with Gasteiger partial charge in [-0.1, -0.05) is 18.2 Å². The molecule has 0 saturated carbocycles. The highest BCUT2D eigenvalue weighted by Crippen LogP contribution is 2.21. The van der Waals surface area contributed by atoms with Gasteiger partial charge in [0.1, 0.15) is 5.69 Å². The van der Waals surface area contributed by atoms with Gasteiger partial charge >= 0.3 is 0 Å². The van der Waals surface area contributed by atoms with Crippen molar-refractivity contribution in [1.29, 1.82) is 0 Å². The van der Waals surface area contributed by atoms with Crippen LogP contribution < -0.4 is 0 Å². The molecule has 0 spiro atoms. The summed E-state index contributed by atoms with van der Waals surface area (Å²) in [5.41, 5.74) is 1.91. The Hall–Kier alpha value is -1.81. The fourth-order valence-electron chi connectivity index (χ4n) is 3.45. The van der Waals surface area contributed by atoms with E-state index in [2.05, 4.69) is 31.1 Å². The molecule has 3 rings (SSSR count). The number of hydrogen-bond acceptors (Lipinski definition) is 2. The van der Waals surface area contributed by atoms with Crippen LogP contribution in [0.1, 0.15) is 29.8 Å². The number of amides is 1. The number of aromatic nitrogens is 1. The SMILES string of the molecule is CN(C)[C@H]1CCCN(C(=O)c2cc3ccccc3n2C)CC1. The van der Waals surface area contributed by atoms with Gasteiger partial charge in [-0.3, -0.25) is 4.79 Å². The standard InChI is InChI=1S/C18H25N3O/c1-19(2)15-8-6-11-21(12-10-15)18(22)17-13-14-7-4-5-9-16(14)20(17)3/h4-5,7,9,13,15H,6,8,10-12H2,1-3H3/t15-/m0/s1. The number of nitrogens with zero attached hydrogens (tertiary/aromatic N) is 3. The number of likely N-dealkylation sites (tertiary alicyclic amines) is 1. The molecule has 1 aliphatic rings. The molecule has 1 amide bonds. The predicted molar refractivity (Wildman–Crippen MR) is 90.1 cm³/mol. The van der Waals surface area contributed by atoms with Crippen LogP contribution >= 0.6 is 0 Å². The van der Waals surface area contributed by atoms with E-state index in [-0.39, 0.29) is 5.91 Å². The van der Waals surface area contributed by atoms with Crippen LogP contribution in [0.25, 0.3) is 10.9 Å². The summed E-state index contributed by atoms with van der Waals surface area (Å²) in [7, 11) is 6.24. The van der Waals surface area contributed by atoms with Gasteiger partial charge in [-0.25, -0.2) is 0 Å². The molecule has 2 heterocycles. The van der Waals surface area contributed by atoms with Crippen molar-refractivity contribution in [2.75, 3.05) is 27.2 Å². The molecule has 1 saturated heterocycles. The Morgan fingerprint density at radius 2 is 1.95 bits per heavy atom. The zero-order valence-corrected chi connectivity index (χ0v) is 13.7. The maximum absolute atomic E-state index is 12.9. The van der Waals surface area contributed by atoms with Crippen LogP contribution in [0.15, 0.2) is 30.3 Å². The lowest BCUT2D eigenvalue weighted by atomic mass is 10.1. The van der Waals surface area contributed by atoms with Gasteiger partial charge in [0.15, 0.2) is 0 Å². The molecule has 0 bridgehead atoms. The van der Waals surface area contributed by atoms with Crippen molar-refractivity contribution in [3.05, 3.63) is 36.0 Å². The molecule has 1 aromatic carbocycles. The summed E-state index contributed by atoms with van der Waals surface area (Å²) in [6, 6.07) is 10.8. The van der Waals surface area contributed by atoms with Gasteiger partial charge in [-0.05, 0) is 45.5 Å². The summed E-state index contributed by atoms with van der Waals surface area (Å²) in [6.45, 7) is 1.72. The molecule has 1 aliphatic heterocycles. The number of fused-ring (bicyclic) bond motifs is 1. The number of hydrogen-bond donors (Lipinski definition) is 0. The Morgan fingerprint density at radius 3 is 2.68 bits per heavy atom. The van der Waals surface area contributed by atoms with Gasteiger partial charge in [0.05, 0.1) is 0 Å². The minimum atomic E-state index is 0.165. The normalized spacial score (nSPS) is 19.6. The highest BCUT2D eigenvalue weighted by molar-refractivity contribution is 5.98. The summed E-state index contributed by atoms with van der Waals surface area (Å²) < 4.78 is 2.02. The molecule has 2 aromatic rings. The Kier molecular flexibility index (Phi) is 4.21. The van der Waals surface area contributed by atoms with E-state index in [1.54, 1.807) is 0 Å². The molecule has 0 N–H and O–H groups in total. The van der Waals surface area contributed by atoms with E-state index in [1.165, 1.54) is 6.42 Å². The topological polar surface area (TPSA) is 28.5 Å². The number of carbonyl (C=O) groups excluding carboxylic acids is 1. The first kappa shape index (κ1) is 15.1. The average Bonchev–Trinajstić information content (AvgIpc) is 2.71. The summed E-state index contributed by atoms with van der Waals surface area (Å²) in [4.78, 5) is 17.2. The third-order valence-corrected chi connectivity index (χ3v) is 4.89. The largest absolute Gasteiger partial charge is 0.340 e. The van der Waals surface area contributed by atoms with Crippen molar-refractivity contribution in [3.63, 3.8) is 0 Å². The fraction of sp³-hybridized carbons (Fsp3) is 0.500. The summed E-state index contributed by atoms with van der Waals surface area (Å²) in [5.74, 6) is 0.165. The van der Waals surface area contributed by atoms with E-state index in [9.17, 15) is 4.79 Å². The number of aryl methyl sites for hydroxylation is 1. The lowest BCUT2D eigenvalue weighted by Gasteiger charge is -2.23. The van der Waals surface area contributed by atoms with Crippen molar-refractivity contribution in [3.8, 4) is 0 Å². The van der Waals surface area contributed by atoms with Crippen LogP contribution in [0.2, 0.25) is 0 Å². The Morgan fingerprint density at radius 1 is 1.18 bits per heavy atom. The van der Waals surface area contributed by atoms with Crippen LogP contribution in [-0.4, -0.2) is 53.5 Å². The average molecular weight is 299 g/mol. The van der Waals surface area contributed by atoms with Crippen LogP contribution in [0.4, 0.5) is 0 Å². The molecule has 4 heteroatoms. The second-order valence-electron chi connectivity index (χ2n) is 6.49. The lowest BCUT2D eigenvalue weighted by Crippen LogP contribution is -2.34. The summed E-state index contributed by atoms with van der Waals surface area (Å²) in [5, 5.41) is 1.13. The summed E-state index contributed by atoms with van der Waals surface area (Å²) >= 11 is 0. The summed E-state index contributed by atoms with van der Waals surface area (Å²) in [6.07, 6.45) is 3.31. The zero-order chi connectivity index (χ0) is 15.7. The number of para-hydroxylation sites is 1. The molecule has 0 radical (unpaired) electrons. The quantitative estimate of drug-likeness (QED) is 0.853. The first-order valence-corrected chi connectivity index (χ1v) is 8.08. The number of benzene rings is 1. The fourth-order valence-corrected chi connectivity index (χ4v) is 3.45. The van der Waals surface area contributed by atoms with Crippen LogP contribution in [-0.2, 0) is 7.05 Å². The molecular weight excluding hydrogens is 274 g/mol. The van der Waals surface area contributed by atoms with E-state index in [0.717, 1.165) is 42.5 Å². The second kappa shape index (κ2) is 6.13. The highest BCUT2D eigenvalue weighted by atomic mass is 16.2. The van der Waals surface area contributed by atoms with Crippen LogP contribution in [0.5, 0.6) is 0 Å². The van der Waals surface area contributed by atoms with E-state index in [1.807, 2.05) is 34.7 Å². The van der Waals surface area contributed by atoms with E-state index < -0.39 is 0 Å². The first-order chi connectivity index (χ1) is 10.6. The molecule has 0 unspecified atom stereocenters. The molecule has 1 fully saturated rings. The Labute approximate surface area is 132 Å². The molecule has 1 aromatic heterocycles. The zero-order valence-electron chi connectivity index (χ0n) is 13.7. The molecule has 118 valence electrons. The number of rotatable bonds is 2. The van der Waals surface area contributed by atoms with Crippen LogP contribution in [0.3, 0.4) is 0 Å². The maximum atomic E-state index is 12.9. The monoisotopic (exact) mass is 299 g/mol. The Bertz CT molecular complexity index is 674. The highest BCUT2D eigenvalue weighted by Gasteiger charge is 2.24. The third-order valence-electron chi connectivity index (χ3n) is 4.89. The molecular formula is C18H25N3O. The number of carbonyl (C=O) groups is 1. The van der Waals surface area contributed by atoms with Crippen molar-refractivity contribution in [1.82, 2.24) is 14.4 Å². The van der Waals surface area contributed by atoms with Crippen LogP contribution in [0, 0.1) is 0 Å². The van der Waals surface area contributed by atoms with Crippen molar-refractivity contribution in [2.24, 2.45) is 7.05 Å².